The number of nitrogens with two attached hydrogens (primary N) is 1. The van der Waals surface area contributed by atoms with Crippen LogP contribution in [0.4, 0.5) is 105 Å². The van der Waals surface area contributed by atoms with Gasteiger partial charge in [-0.15, -0.1) is 0 Å². The van der Waals surface area contributed by atoms with Crippen molar-refractivity contribution >= 4 is 50.5 Å². The molecule has 2 N–H and O–H groups in total. The molecule has 0 unspecified atom stereocenters. The molecule has 0 aliphatic carbocycles. The van der Waals surface area contributed by atoms with Gasteiger partial charge in [0, 0.05) is 28.0 Å². The molecule has 1 amide bonds. The first-order chi connectivity index (χ1) is 35.9. The van der Waals surface area contributed by atoms with Gasteiger partial charge in [-0.2, -0.15) is 132 Å². The van der Waals surface area contributed by atoms with Gasteiger partial charge < -0.3 is 5.73 Å². The lowest BCUT2D eigenvalue weighted by Gasteiger charge is -2.46. The number of rotatable bonds is 8. The lowest BCUT2D eigenvalue weighted by molar-refractivity contribution is -0.681. The Hall–Kier alpha value is -7.75. The van der Waals surface area contributed by atoms with Crippen molar-refractivity contribution in [1.29, 1.82) is 0 Å². The first-order valence-electron chi connectivity index (χ1n) is 21.6. The number of benzene rings is 6. The molecule has 4 nitrogen and oxygen atoms in total. The Morgan fingerprint density at radius 3 is 0.937 bits per heavy atom. The molecule has 0 bridgehead atoms. The van der Waals surface area contributed by atoms with Crippen LogP contribution >= 0.6 is 0 Å². The van der Waals surface area contributed by atoms with Crippen LogP contribution in [0.3, 0.4) is 0 Å². The molecule has 6 aromatic carbocycles. The van der Waals surface area contributed by atoms with Gasteiger partial charge in [0.15, 0.2) is 12.4 Å². The highest BCUT2D eigenvalue weighted by Gasteiger charge is 2.47. The van der Waals surface area contributed by atoms with Gasteiger partial charge in [-0.1, -0.05) is 84.9 Å². The second-order valence-electron chi connectivity index (χ2n) is 17.3. The minimum absolute atomic E-state index is 0.0380. The molecular weight excluding hydrogens is 1130 g/mol. The summed E-state index contributed by atoms with van der Waals surface area (Å²) >= 11 is 0. The van der Waals surface area contributed by atoms with Crippen molar-refractivity contribution in [2.75, 3.05) is 0 Å². The maximum absolute atomic E-state index is 14.2. The topological polar surface area (TPSA) is 64.0 Å². The third-order valence-electron chi connectivity index (χ3n) is 12.0. The molecule has 79 heavy (non-hydrogen) atoms. The van der Waals surface area contributed by atoms with E-state index in [1.54, 1.807) is 30.5 Å². The van der Waals surface area contributed by atoms with Crippen LogP contribution < -0.4 is 32.2 Å². The number of hydrogen-bond donors (Lipinski definition) is 1. The van der Waals surface area contributed by atoms with E-state index in [4.69, 9.17) is 5.73 Å². The maximum Gasteiger partial charge on any atom is 0.416 e. The highest BCUT2D eigenvalue weighted by molar-refractivity contribution is 7.20. The molecule has 0 radical (unpaired) electrons. The van der Waals surface area contributed by atoms with Crippen LogP contribution in [0.2, 0.25) is 0 Å². The maximum atomic E-state index is 14.2. The Bertz CT molecular complexity index is 2990. The number of ketones is 1. The Kier molecular flexibility index (Phi) is 15.9. The van der Waals surface area contributed by atoms with E-state index >= 15 is 0 Å². The summed E-state index contributed by atoms with van der Waals surface area (Å²) in [5.74, 6) is -0.417. The standard InChI is InChI=1S/C32H12BF24.C18H14N2O2/c34-25(35,36)13-1-14(26(37,38)39)6-21(5-13)33(22-7-15(27(40,41)42)2-16(8-22)28(43,44)45,23-9-17(29(46,47)48)3-18(10-23)30(49,50)51)24-11-19(31(52,53)54)4-20(12-24)32(55,56)57;19-18(22)16-8-4-7-14-11-20(10-9-15(14)16)12-17(21)13-5-2-1-3-6-13/h1-12H;1-11H,12H2,(H-,19,22)/q-1;/p+1. The van der Waals surface area contributed by atoms with E-state index in [2.05, 4.69) is 0 Å². The van der Waals surface area contributed by atoms with E-state index in [0.29, 0.717) is 11.1 Å². The number of amides is 1. The summed E-state index contributed by atoms with van der Waals surface area (Å²) in [6.45, 7) is 0.251. The molecule has 420 valence electrons. The van der Waals surface area contributed by atoms with Crippen molar-refractivity contribution in [3.05, 3.63) is 195 Å². The van der Waals surface area contributed by atoms with E-state index in [9.17, 15) is 115 Å². The fraction of sp³-hybridized carbons (Fsp3) is 0.180. The normalized spacial score (nSPS) is 13.3. The van der Waals surface area contributed by atoms with Gasteiger partial charge in [0.05, 0.1) is 44.5 Å². The highest BCUT2D eigenvalue weighted by Crippen LogP contribution is 2.41. The quantitative estimate of drug-likeness (QED) is 0.0713. The second kappa shape index (κ2) is 20.8. The smallest absolute Gasteiger partial charge is 0.366 e. The molecular formula is C50H27BF24N2O2. The summed E-state index contributed by atoms with van der Waals surface area (Å²) < 4.78 is 343. The molecule has 0 aliphatic rings. The molecule has 0 saturated carbocycles. The number of halogens is 24. The molecule has 0 spiro atoms. The van der Waals surface area contributed by atoms with Crippen molar-refractivity contribution in [3.8, 4) is 0 Å². The number of primary amides is 1. The van der Waals surface area contributed by atoms with Crippen LogP contribution in [0.25, 0.3) is 10.8 Å². The number of carbonyl (C=O) groups is 2. The minimum Gasteiger partial charge on any atom is -0.366 e. The zero-order chi connectivity index (χ0) is 59.4. The van der Waals surface area contributed by atoms with Crippen LogP contribution in [0.5, 0.6) is 0 Å². The Balaban J connectivity index is 0.000000378. The Labute approximate surface area is 426 Å². The van der Waals surface area contributed by atoms with Crippen LogP contribution in [0, 0.1) is 0 Å². The van der Waals surface area contributed by atoms with Crippen molar-refractivity contribution in [1.82, 2.24) is 0 Å². The summed E-state index contributed by atoms with van der Waals surface area (Å²) in [5, 5.41) is 1.66. The predicted molar refractivity (Wildman–Crippen MR) is 234 cm³/mol. The monoisotopic (exact) mass is 1150 g/mol. The predicted octanol–water partition coefficient (Wildman–Crippen LogP) is 13.3. The second-order valence-corrected chi connectivity index (χ2v) is 17.3. The number of fused-ring (bicyclic) bond motifs is 1. The van der Waals surface area contributed by atoms with E-state index < -0.39 is 201 Å². The summed E-state index contributed by atoms with van der Waals surface area (Å²) in [6.07, 6.45) is -51.2. The van der Waals surface area contributed by atoms with Crippen molar-refractivity contribution < 1.29 is 120 Å². The van der Waals surface area contributed by atoms with Crippen LogP contribution in [0.15, 0.2) is 140 Å². The molecule has 0 aliphatic heterocycles. The van der Waals surface area contributed by atoms with E-state index in [-0.39, 0.29) is 12.3 Å². The summed E-state index contributed by atoms with van der Waals surface area (Å²) in [4.78, 5) is 23.7. The number of Topliss-reactive ketones (excluding diaryl/α,β-unsaturated/α-hetero) is 1. The number of carbonyl (C=O) groups excluding carboxylic acids is 2. The molecule has 1 aromatic heterocycles. The average Bonchev–Trinajstić information content (AvgIpc) is 3.43. The number of aromatic nitrogens is 1. The van der Waals surface area contributed by atoms with Crippen molar-refractivity contribution in [3.63, 3.8) is 0 Å². The summed E-state index contributed by atoms with van der Waals surface area (Å²) in [5.41, 5.74) is -23.7. The zero-order valence-electron chi connectivity index (χ0n) is 38.5. The Morgan fingerprint density at radius 2 is 0.671 bits per heavy atom. The lowest BCUT2D eigenvalue weighted by Crippen LogP contribution is -2.75. The first kappa shape index (κ1) is 60.5. The Morgan fingerprint density at radius 1 is 0.380 bits per heavy atom. The molecule has 7 rings (SSSR count). The van der Waals surface area contributed by atoms with Crippen molar-refractivity contribution in [2.45, 2.75) is 56.0 Å². The van der Waals surface area contributed by atoms with Gasteiger partial charge in [-0.05, 0) is 36.4 Å². The summed E-state index contributed by atoms with van der Waals surface area (Å²) in [7, 11) is 0. The third kappa shape index (κ3) is 13.6. The third-order valence-corrected chi connectivity index (χ3v) is 12.0. The van der Waals surface area contributed by atoms with E-state index in [1.807, 2.05) is 41.1 Å². The van der Waals surface area contributed by atoms with Crippen LogP contribution in [-0.2, 0) is 56.0 Å². The van der Waals surface area contributed by atoms with Gasteiger partial charge in [-0.3, -0.25) is 9.59 Å². The van der Waals surface area contributed by atoms with E-state index in [1.165, 1.54) is 0 Å². The SMILES string of the molecule is FC(F)(F)c1cc([B-](c2cc(C(F)(F)F)cc(C(F)(F)F)c2)(c2cc(C(F)(F)F)cc(C(F)(F)F)c2)c2cc(C(F)(F)F)cc(C(F)(F)F)c2)cc(C(F)(F)F)c1.NC(=O)c1cccc2c[n+](CC(=O)c3ccccc3)ccc12. The zero-order valence-corrected chi connectivity index (χ0v) is 38.5. The van der Waals surface area contributed by atoms with Gasteiger partial charge in [0.25, 0.3) is 0 Å². The number of alkyl halides is 24. The van der Waals surface area contributed by atoms with Gasteiger partial charge in [-0.25, -0.2) is 0 Å². The van der Waals surface area contributed by atoms with Gasteiger partial charge in [0.1, 0.15) is 6.15 Å². The number of pyridine rings is 1. The van der Waals surface area contributed by atoms with Crippen LogP contribution in [-0.4, -0.2) is 17.8 Å². The molecule has 7 aromatic rings. The molecule has 0 fully saturated rings. The largest absolute Gasteiger partial charge is 0.416 e. The molecule has 29 heteroatoms. The highest BCUT2D eigenvalue weighted by atomic mass is 19.4. The van der Waals surface area contributed by atoms with Gasteiger partial charge >= 0.3 is 49.4 Å². The lowest BCUT2D eigenvalue weighted by atomic mass is 9.12. The molecule has 1 heterocycles. The van der Waals surface area contributed by atoms with E-state index in [0.717, 1.165) is 10.8 Å². The molecule has 0 atom stereocenters. The number of hydrogen-bond acceptors (Lipinski definition) is 2. The van der Waals surface area contributed by atoms with Crippen molar-refractivity contribution in [2.24, 2.45) is 5.73 Å². The first-order valence-corrected chi connectivity index (χ1v) is 21.6. The average molecular weight is 1150 g/mol. The fourth-order valence-electron chi connectivity index (χ4n) is 8.54. The van der Waals surface area contributed by atoms with Gasteiger partial charge in [0.2, 0.25) is 18.2 Å². The fourth-order valence-corrected chi connectivity index (χ4v) is 8.54. The van der Waals surface area contributed by atoms with Crippen LogP contribution in [0.1, 0.15) is 65.2 Å². The molecule has 0 saturated heterocycles. The summed E-state index contributed by atoms with van der Waals surface area (Å²) in [6, 6.07) is 7.55. The number of nitrogens with zero attached hydrogens (tertiary/aromatic N) is 1. The minimum atomic E-state index is -6.13.